The van der Waals surface area contributed by atoms with Crippen LogP contribution >= 0.6 is 11.6 Å². The van der Waals surface area contributed by atoms with Crippen LogP contribution in [0.15, 0.2) is 24.3 Å². The minimum atomic E-state index is -1.81. The molecule has 0 spiro atoms. The Morgan fingerprint density at radius 2 is 2.12 bits per heavy atom. The molecule has 17 heavy (non-hydrogen) atoms. The molecular weight excluding hydrogens is 248 g/mol. The highest BCUT2D eigenvalue weighted by molar-refractivity contribution is 6.22. The first kappa shape index (κ1) is 13.9. The van der Waals surface area contributed by atoms with E-state index < -0.39 is 10.1 Å². The molecule has 1 aromatic carbocycles. The molecule has 0 fully saturated rings. The lowest BCUT2D eigenvalue weighted by Crippen LogP contribution is -2.43. The van der Waals surface area contributed by atoms with Crippen molar-refractivity contribution in [2.45, 2.75) is 11.6 Å². The van der Waals surface area contributed by atoms with Crippen LogP contribution in [0.25, 0.3) is 0 Å². The van der Waals surface area contributed by atoms with Crippen molar-refractivity contribution in [2.24, 2.45) is 0 Å². The van der Waals surface area contributed by atoms with Gasteiger partial charge in [0, 0.05) is 24.6 Å². The summed E-state index contributed by atoms with van der Waals surface area (Å²) in [5, 5.41) is 29.7. The summed E-state index contributed by atoms with van der Waals surface area (Å²) in [6.07, 6.45) is -0.133. The minimum absolute atomic E-state index is 0.0978. The normalized spacial score (nSPS) is 14.3. The largest absolute Gasteiger partial charge is 0.395 e. The van der Waals surface area contributed by atoms with Crippen molar-refractivity contribution in [3.8, 4) is 0 Å². The van der Waals surface area contributed by atoms with Crippen LogP contribution in [0.5, 0.6) is 0 Å². The maximum Gasteiger partial charge on any atom is 0.272 e. The van der Waals surface area contributed by atoms with E-state index in [2.05, 4.69) is 5.32 Å². The van der Waals surface area contributed by atoms with Gasteiger partial charge in [0.05, 0.1) is 11.5 Å². The number of alkyl halides is 1. The number of nitrogens with one attached hydrogen (secondary N) is 1. The first-order chi connectivity index (χ1) is 7.96. The van der Waals surface area contributed by atoms with Crippen molar-refractivity contribution in [1.82, 2.24) is 5.32 Å². The monoisotopic (exact) mass is 260 g/mol. The molecule has 1 unspecified atom stereocenters. The van der Waals surface area contributed by atoms with Gasteiger partial charge in [-0.25, -0.2) is 0 Å². The standard InChI is InChI=1S/C10H13ClN2O4/c11-10(15,12-5-6-14)7-8-3-1-2-4-9(8)13(16)17/h1-4,12,14-15H,5-7H2. The van der Waals surface area contributed by atoms with E-state index in [1.54, 1.807) is 6.07 Å². The first-order valence-electron chi connectivity index (χ1n) is 4.96. The van der Waals surface area contributed by atoms with Crippen LogP contribution in [0.3, 0.4) is 0 Å². The third-order valence-electron chi connectivity index (χ3n) is 2.12. The molecule has 0 saturated carbocycles. The second-order valence-corrected chi connectivity index (χ2v) is 4.10. The minimum Gasteiger partial charge on any atom is -0.395 e. The van der Waals surface area contributed by atoms with Gasteiger partial charge in [-0.3, -0.25) is 15.4 Å². The smallest absolute Gasteiger partial charge is 0.272 e. The SMILES string of the molecule is O=[N+]([O-])c1ccccc1CC(O)(Cl)NCCO. The molecule has 1 atom stereocenters. The number of halogens is 1. The zero-order chi connectivity index (χ0) is 12.9. The van der Waals surface area contributed by atoms with Gasteiger partial charge in [0.1, 0.15) is 0 Å². The fourth-order valence-electron chi connectivity index (χ4n) is 1.40. The molecule has 0 amide bonds. The van der Waals surface area contributed by atoms with Crippen LogP contribution in [0.1, 0.15) is 5.56 Å². The van der Waals surface area contributed by atoms with Crippen molar-refractivity contribution < 1.29 is 15.1 Å². The number of aliphatic hydroxyl groups excluding tert-OH is 1. The van der Waals surface area contributed by atoms with Crippen molar-refractivity contribution in [2.75, 3.05) is 13.2 Å². The molecular formula is C10H13ClN2O4. The molecule has 7 heteroatoms. The molecule has 0 aliphatic heterocycles. The molecule has 6 nitrogen and oxygen atoms in total. The Morgan fingerprint density at radius 3 is 2.71 bits per heavy atom. The molecule has 1 rings (SSSR count). The average Bonchev–Trinajstić information content (AvgIpc) is 2.26. The number of hydrogen-bond donors (Lipinski definition) is 3. The number of nitro benzene ring substituents is 1. The van der Waals surface area contributed by atoms with Gasteiger partial charge in [-0.1, -0.05) is 29.8 Å². The van der Waals surface area contributed by atoms with E-state index in [1.165, 1.54) is 18.2 Å². The number of nitrogens with zero attached hydrogens (tertiary/aromatic N) is 1. The molecule has 1 aromatic rings. The average molecular weight is 261 g/mol. The Balaban J connectivity index is 2.83. The number of rotatable bonds is 6. The van der Waals surface area contributed by atoms with Crippen LogP contribution in [0, 0.1) is 10.1 Å². The van der Waals surface area contributed by atoms with Gasteiger partial charge in [0.25, 0.3) is 5.69 Å². The van der Waals surface area contributed by atoms with Gasteiger partial charge in [-0.2, -0.15) is 0 Å². The van der Waals surface area contributed by atoms with E-state index in [-0.39, 0.29) is 25.3 Å². The summed E-state index contributed by atoms with van der Waals surface area (Å²) in [4.78, 5) is 10.2. The number of hydrogen-bond acceptors (Lipinski definition) is 5. The lowest BCUT2D eigenvalue weighted by atomic mass is 10.1. The highest BCUT2D eigenvalue weighted by atomic mass is 35.5. The molecule has 0 radical (unpaired) electrons. The second kappa shape index (κ2) is 5.92. The van der Waals surface area contributed by atoms with Gasteiger partial charge < -0.3 is 10.2 Å². The van der Waals surface area contributed by atoms with Gasteiger partial charge in [0.2, 0.25) is 0 Å². The lowest BCUT2D eigenvalue weighted by molar-refractivity contribution is -0.385. The summed E-state index contributed by atoms with van der Waals surface area (Å²) in [5.41, 5.74) is 0.220. The first-order valence-corrected chi connectivity index (χ1v) is 5.33. The van der Waals surface area contributed by atoms with Crippen molar-refractivity contribution in [3.05, 3.63) is 39.9 Å². The number of nitro groups is 1. The molecule has 0 saturated heterocycles. The molecule has 94 valence electrons. The van der Waals surface area contributed by atoms with E-state index in [1.807, 2.05) is 0 Å². The van der Waals surface area contributed by atoms with E-state index in [9.17, 15) is 15.2 Å². The maximum absolute atomic E-state index is 10.7. The third kappa shape index (κ3) is 4.27. The van der Waals surface area contributed by atoms with Crippen molar-refractivity contribution in [1.29, 1.82) is 0 Å². The Kier molecular flexibility index (Phi) is 4.83. The van der Waals surface area contributed by atoms with E-state index >= 15 is 0 Å². The van der Waals surface area contributed by atoms with Gasteiger partial charge in [-0.05, 0) is 0 Å². The Hall–Kier alpha value is -1.21. The fourth-order valence-corrected chi connectivity index (χ4v) is 1.64. The predicted molar refractivity (Wildman–Crippen MR) is 62.7 cm³/mol. The summed E-state index contributed by atoms with van der Waals surface area (Å²) >= 11 is 5.74. The zero-order valence-electron chi connectivity index (χ0n) is 8.97. The second-order valence-electron chi connectivity index (χ2n) is 3.47. The highest BCUT2D eigenvalue weighted by Crippen LogP contribution is 2.23. The summed E-state index contributed by atoms with van der Waals surface area (Å²) in [6.45, 7) is -0.0907. The summed E-state index contributed by atoms with van der Waals surface area (Å²) < 4.78 is 0. The van der Waals surface area contributed by atoms with Crippen LogP contribution in [0.2, 0.25) is 0 Å². The van der Waals surface area contributed by atoms with Crippen LogP contribution in [-0.2, 0) is 6.42 Å². The molecule has 0 heterocycles. The number of para-hydroxylation sites is 1. The van der Waals surface area contributed by atoms with E-state index in [0.717, 1.165) is 0 Å². The number of benzene rings is 1. The molecule has 0 bridgehead atoms. The molecule has 0 aromatic heterocycles. The summed E-state index contributed by atoms with van der Waals surface area (Å²) in [7, 11) is 0. The van der Waals surface area contributed by atoms with Crippen LogP contribution in [0.4, 0.5) is 5.69 Å². The van der Waals surface area contributed by atoms with Gasteiger partial charge >= 0.3 is 0 Å². The molecule has 0 aliphatic rings. The lowest BCUT2D eigenvalue weighted by Gasteiger charge is -2.21. The van der Waals surface area contributed by atoms with Crippen molar-refractivity contribution in [3.63, 3.8) is 0 Å². The Morgan fingerprint density at radius 1 is 1.47 bits per heavy atom. The van der Waals surface area contributed by atoms with Crippen molar-refractivity contribution >= 4 is 17.3 Å². The van der Waals surface area contributed by atoms with Crippen LogP contribution in [-0.4, -0.2) is 33.5 Å². The number of aliphatic hydroxyl groups is 2. The maximum atomic E-state index is 10.7. The Bertz CT molecular complexity index is 398. The predicted octanol–water partition coefficient (Wildman–Crippen LogP) is 0.604. The van der Waals surface area contributed by atoms with E-state index in [4.69, 9.17) is 16.7 Å². The zero-order valence-corrected chi connectivity index (χ0v) is 9.72. The highest BCUT2D eigenvalue weighted by Gasteiger charge is 2.26. The fraction of sp³-hybridized carbons (Fsp3) is 0.400. The van der Waals surface area contributed by atoms with Crippen LogP contribution < -0.4 is 5.32 Å². The molecule has 0 aliphatic carbocycles. The molecule has 3 N–H and O–H groups in total. The third-order valence-corrected chi connectivity index (χ3v) is 2.39. The summed E-state index contributed by atoms with van der Waals surface area (Å²) in [6, 6.07) is 6.03. The van der Waals surface area contributed by atoms with Gasteiger partial charge in [0.15, 0.2) is 5.18 Å². The van der Waals surface area contributed by atoms with Gasteiger partial charge in [-0.15, -0.1) is 0 Å². The Labute approximate surface area is 103 Å². The summed E-state index contributed by atoms with van der Waals surface area (Å²) in [5.74, 6) is 0. The topological polar surface area (TPSA) is 95.6 Å². The quantitative estimate of drug-likeness (QED) is 0.229. The van der Waals surface area contributed by atoms with E-state index in [0.29, 0.717) is 5.56 Å².